The van der Waals surface area contributed by atoms with Crippen LogP contribution in [0.1, 0.15) is 57.4 Å². The van der Waals surface area contributed by atoms with E-state index in [9.17, 15) is 9.90 Å². The second kappa shape index (κ2) is 9.56. The number of hydrogen-bond acceptors (Lipinski definition) is 3. The molecule has 1 aliphatic carbocycles. The van der Waals surface area contributed by atoms with Gasteiger partial charge in [-0.15, -0.1) is 0 Å². The molecule has 2 rings (SSSR count). The summed E-state index contributed by atoms with van der Waals surface area (Å²) in [6.07, 6.45) is 6.81. The SMILES string of the molecule is CCc1cccc(NCCCCC(=O)NC2CCC(O)CC2)c1. The van der Waals surface area contributed by atoms with E-state index >= 15 is 0 Å². The Bertz CT molecular complexity index is 482. The minimum Gasteiger partial charge on any atom is -0.393 e. The van der Waals surface area contributed by atoms with Gasteiger partial charge in [0.25, 0.3) is 0 Å². The van der Waals surface area contributed by atoms with Crippen molar-refractivity contribution in [2.24, 2.45) is 0 Å². The lowest BCUT2D eigenvalue weighted by Crippen LogP contribution is -2.38. The summed E-state index contributed by atoms with van der Waals surface area (Å²) in [5.74, 6) is 0.152. The number of amides is 1. The highest BCUT2D eigenvalue weighted by atomic mass is 16.3. The van der Waals surface area contributed by atoms with Crippen LogP contribution < -0.4 is 10.6 Å². The average Bonchev–Trinajstić information content (AvgIpc) is 2.57. The topological polar surface area (TPSA) is 61.4 Å². The van der Waals surface area contributed by atoms with E-state index in [4.69, 9.17) is 0 Å². The van der Waals surface area contributed by atoms with Crippen molar-refractivity contribution in [1.29, 1.82) is 0 Å². The molecule has 0 aromatic heterocycles. The van der Waals surface area contributed by atoms with Crippen molar-refractivity contribution in [1.82, 2.24) is 5.32 Å². The first-order valence-corrected chi connectivity index (χ1v) is 8.97. The summed E-state index contributed by atoms with van der Waals surface area (Å²) in [5.41, 5.74) is 2.50. The van der Waals surface area contributed by atoms with E-state index in [1.54, 1.807) is 0 Å². The van der Waals surface area contributed by atoms with Crippen LogP contribution in [0.5, 0.6) is 0 Å². The monoisotopic (exact) mass is 318 g/mol. The van der Waals surface area contributed by atoms with E-state index in [1.807, 2.05) is 0 Å². The van der Waals surface area contributed by atoms with Gasteiger partial charge in [-0.2, -0.15) is 0 Å². The number of rotatable bonds is 8. The third kappa shape index (κ3) is 6.61. The van der Waals surface area contributed by atoms with Crippen LogP contribution in [-0.2, 0) is 11.2 Å². The molecular weight excluding hydrogens is 288 g/mol. The van der Waals surface area contributed by atoms with Crippen molar-refractivity contribution in [2.75, 3.05) is 11.9 Å². The number of aryl methyl sites for hydroxylation is 1. The number of aliphatic hydroxyl groups is 1. The fourth-order valence-corrected chi connectivity index (χ4v) is 3.06. The van der Waals surface area contributed by atoms with Crippen molar-refractivity contribution >= 4 is 11.6 Å². The van der Waals surface area contributed by atoms with Crippen molar-refractivity contribution in [2.45, 2.75) is 70.4 Å². The molecule has 23 heavy (non-hydrogen) atoms. The molecular formula is C19H30N2O2. The first-order chi connectivity index (χ1) is 11.2. The van der Waals surface area contributed by atoms with Gasteiger partial charge < -0.3 is 15.7 Å². The molecule has 1 aromatic rings. The van der Waals surface area contributed by atoms with E-state index in [1.165, 1.54) is 5.56 Å². The van der Waals surface area contributed by atoms with E-state index in [2.05, 4.69) is 41.8 Å². The Kier molecular flexibility index (Phi) is 7.40. The maximum absolute atomic E-state index is 11.9. The highest BCUT2D eigenvalue weighted by Gasteiger charge is 2.20. The number of carbonyl (C=O) groups excluding carboxylic acids is 1. The fraction of sp³-hybridized carbons (Fsp3) is 0.632. The molecule has 128 valence electrons. The summed E-state index contributed by atoms with van der Waals surface area (Å²) in [5, 5.41) is 16.0. The Labute approximate surface area is 139 Å². The van der Waals surface area contributed by atoms with Crippen molar-refractivity contribution < 1.29 is 9.90 Å². The predicted molar refractivity (Wildman–Crippen MR) is 94.6 cm³/mol. The first kappa shape index (κ1) is 17.8. The largest absolute Gasteiger partial charge is 0.393 e. The summed E-state index contributed by atoms with van der Waals surface area (Å²) in [6.45, 7) is 3.06. The number of hydrogen-bond donors (Lipinski definition) is 3. The molecule has 1 fully saturated rings. The van der Waals surface area contributed by atoms with Crippen molar-refractivity contribution in [3.8, 4) is 0 Å². The summed E-state index contributed by atoms with van der Waals surface area (Å²) in [6, 6.07) is 8.75. The van der Waals surface area contributed by atoms with Gasteiger partial charge in [-0.3, -0.25) is 4.79 Å². The molecule has 1 aliphatic rings. The molecule has 0 radical (unpaired) electrons. The number of carbonyl (C=O) groups is 1. The molecule has 3 N–H and O–H groups in total. The fourth-order valence-electron chi connectivity index (χ4n) is 3.06. The van der Waals surface area contributed by atoms with Crippen LogP contribution in [0.25, 0.3) is 0 Å². The van der Waals surface area contributed by atoms with Crippen LogP contribution in [0.4, 0.5) is 5.69 Å². The van der Waals surface area contributed by atoms with Crippen LogP contribution >= 0.6 is 0 Å². The summed E-state index contributed by atoms with van der Waals surface area (Å²) in [7, 11) is 0. The lowest BCUT2D eigenvalue weighted by Gasteiger charge is -2.26. The molecule has 1 saturated carbocycles. The molecule has 0 bridgehead atoms. The van der Waals surface area contributed by atoms with Gasteiger partial charge in [-0.25, -0.2) is 0 Å². The quantitative estimate of drug-likeness (QED) is 0.645. The van der Waals surface area contributed by atoms with Gasteiger partial charge in [0, 0.05) is 24.7 Å². The summed E-state index contributed by atoms with van der Waals surface area (Å²) in [4.78, 5) is 11.9. The molecule has 4 heteroatoms. The Morgan fingerprint density at radius 3 is 2.74 bits per heavy atom. The lowest BCUT2D eigenvalue weighted by atomic mass is 9.93. The molecule has 1 amide bonds. The average molecular weight is 318 g/mol. The Hall–Kier alpha value is -1.55. The highest BCUT2D eigenvalue weighted by molar-refractivity contribution is 5.76. The molecule has 0 atom stereocenters. The Morgan fingerprint density at radius 1 is 1.22 bits per heavy atom. The molecule has 0 spiro atoms. The Morgan fingerprint density at radius 2 is 2.00 bits per heavy atom. The molecule has 0 saturated heterocycles. The number of unbranched alkanes of at least 4 members (excludes halogenated alkanes) is 1. The standard InChI is InChI=1S/C19H30N2O2/c1-2-15-6-5-7-17(14-15)20-13-4-3-8-19(23)21-16-9-11-18(22)12-10-16/h5-7,14,16,18,20,22H,2-4,8-13H2,1H3,(H,21,23). The van der Waals surface area contributed by atoms with Gasteiger partial charge in [0.15, 0.2) is 0 Å². The van der Waals surface area contributed by atoms with Gasteiger partial charge in [0.2, 0.25) is 5.91 Å². The minimum absolute atomic E-state index is 0.152. The number of aliphatic hydroxyl groups excluding tert-OH is 1. The second-order valence-corrected chi connectivity index (χ2v) is 6.51. The van der Waals surface area contributed by atoms with Crippen LogP contribution in [0.2, 0.25) is 0 Å². The molecule has 0 heterocycles. The van der Waals surface area contributed by atoms with Gasteiger partial charge in [-0.1, -0.05) is 19.1 Å². The number of benzene rings is 1. The van der Waals surface area contributed by atoms with Crippen molar-refractivity contribution in [3.63, 3.8) is 0 Å². The van der Waals surface area contributed by atoms with Gasteiger partial charge in [0.1, 0.15) is 0 Å². The second-order valence-electron chi connectivity index (χ2n) is 6.51. The lowest BCUT2D eigenvalue weighted by molar-refractivity contribution is -0.122. The molecule has 0 aliphatic heterocycles. The third-order valence-electron chi connectivity index (χ3n) is 4.56. The zero-order valence-corrected chi connectivity index (χ0v) is 14.2. The van der Waals surface area contributed by atoms with Crippen LogP contribution in [0.15, 0.2) is 24.3 Å². The van der Waals surface area contributed by atoms with Crippen LogP contribution in [0, 0.1) is 0 Å². The van der Waals surface area contributed by atoms with Gasteiger partial charge in [-0.05, 0) is 62.6 Å². The van der Waals surface area contributed by atoms with Crippen molar-refractivity contribution in [3.05, 3.63) is 29.8 Å². The smallest absolute Gasteiger partial charge is 0.220 e. The zero-order valence-electron chi connectivity index (χ0n) is 14.2. The van der Waals surface area contributed by atoms with E-state index in [-0.39, 0.29) is 18.1 Å². The maximum Gasteiger partial charge on any atom is 0.220 e. The third-order valence-corrected chi connectivity index (χ3v) is 4.56. The van der Waals surface area contributed by atoms with Gasteiger partial charge in [0.05, 0.1) is 6.10 Å². The maximum atomic E-state index is 11.9. The molecule has 0 unspecified atom stereocenters. The molecule has 1 aromatic carbocycles. The van der Waals surface area contributed by atoms with Crippen LogP contribution in [0.3, 0.4) is 0 Å². The predicted octanol–water partition coefficient (Wildman–Crippen LogP) is 3.25. The van der Waals surface area contributed by atoms with Gasteiger partial charge >= 0.3 is 0 Å². The number of nitrogens with one attached hydrogen (secondary N) is 2. The summed E-state index contributed by atoms with van der Waals surface area (Å²) >= 11 is 0. The van der Waals surface area contributed by atoms with E-state index in [0.29, 0.717) is 6.42 Å². The van der Waals surface area contributed by atoms with Crippen LogP contribution in [-0.4, -0.2) is 29.7 Å². The first-order valence-electron chi connectivity index (χ1n) is 8.97. The van der Waals surface area contributed by atoms with E-state index < -0.39 is 0 Å². The Balaban J connectivity index is 1.55. The zero-order chi connectivity index (χ0) is 16.5. The number of anilines is 1. The molecule has 4 nitrogen and oxygen atoms in total. The summed E-state index contributed by atoms with van der Waals surface area (Å²) < 4.78 is 0. The minimum atomic E-state index is -0.166. The normalized spacial score (nSPS) is 21.0. The van der Waals surface area contributed by atoms with E-state index in [0.717, 1.165) is 57.2 Å². The highest BCUT2D eigenvalue weighted by Crippen LogP contribution is 2.18.